The first-order chi connectivity index (χ1) is 4.74. The predicted octanol–water partition coefficient (Wildman–Crippen LogP) is 2.33. The van der Waals surface area contributed by atoms with Crippen molar-refractivity contribution in [2.45, 2.75) is 26.2 Å². The van der Waals surface area contributed by atoms with Gasteiger partial charge in [0.25, 0.3) is 0 Å². The van der Waals surface area contributed by atoms with Gasteiger partial charge in [-0.2, -0.15) is 4.39 Å². The summed E-state index contributed by atoms with van der Waals surface area (Å²) in [5.41, 5.74) is 0.694. The Balaban J connectivity index is 2.74. The number of halogens is 1. The molecule has 0 radical (unpaired) electrons. The molecule has 0 bridgehead atoms. The summed E-state index contributed by atoms with van der Waals surface area (Å²) in [7, 11) is 0. The normalized spacial score (nSPS) is 13.5. The van der Waals surface area contributed by atoms with E-state index in [1.165, 1.54) is 6.07 Å². The molecule has 1 unspecified atom stereocenters. The van der Waals surface area contributed by atoms with Gasteiger partial charge in [-0.3, -0.25) is 0 Å². The molecule has 0 amide bonds. The second kappa shape index (κ2) is 2.82. The second-order valence-corrected chi connectivity index (χ2v) is 2.37. The van der Waals surface area contributed by atoms with Crippen molar-refractivity contribution in [1.82, 2.24) is 5.16 Å². The zero-order valence-corrected chi connectivity index (χ0v) is 6.10. The van der Waals surface area contributed by atoms with Crippen LogP contribution in [0.15, 0.2) is 10.6 Å². The van der Waals surface area contributed by atoms with Crippen molar-refractivity contribution in [2.24, 2.45) is 0 Å². The zero-order valence-electron chi connectivity index (χ0n) is 6.10. The Kier molecular flexibility index (Phi) is 2.04. The average Bonchev–Trinajstić information content (AvgIpc) is 2.34. The molecule has 1 aromatic rings. The minimum absolute atomic E-state index is 0.285. The summed E-state index contributed by atoms with van der Waals surface area (Å²) in [6.07, 6.45) is 0.950. The van der Waals surface area contributed by atoms with Crippen LogP contribution < -0.4 is 0 Å². The number of hydrogen-bond donors (Lipinski definition) is 0. The lowest BCUT2D eigenvalue weighted by atomic mass is 10.1. The van der Waals surface area contributed by atoms with Crippen LogP contribution in [0.1, 0.15) is 31.9 Å². The SMILES string of the molecule is CCC(C)c1cc(F)on1. The summed E-state index contributed by atoms with van der Waals surface area (Å²) in [4.78, 5) is 0. The van der Waals surface area contributed by atoms with Crippen molar-refractivity contribution >= 4 is 0 Å². The Morgan fingerprint density at radius 2 is 2.50 bits per heavy atom. The largest absolute Gasteiger partial charge is 0.326 e. The van der Waals surface area contributed by atoms with Crippen LogP contribution in [0, 0.1) is 6.01 Å². The van der Waals surface area contributed by atoms with Gasteiger partial charge >= 0.3 is 6.01 Å². The van der Waals surface area contributed by atoms with Crippen LogP contribution in [-0.4, -0.2) is 5.16 Å². The van der Waals surface area contributed by atoms with Gasteiger partial charge in [0.15, 0.2) is 0 Å². The van der Waals surface area contributed by atoms with E-state index < -0.39 is 6.01 Å². The first kappa shape index (κ1) is 7.25. The highest BCUT2D eigenvalue weighted by Gasteiger charge is 2.08. The molecule has 1 heterocycles. The van der Waals surface area contributed by atoms with Gasteiger partial charge in [0.05, 0.1) is 5.69 Å². The Morgan fingerprint density at radius 3 is 2.90 bits per heavy atom. The van der Waals surface area contributed by atoms with Gasteiger partial charge in [0.2, 0.25) is 0 Å². The molecule has 0 N–H and O–H groups in total. The van der Waals surface area contributed by atoms with Crippen LogP contribution in [-0.2, 0) is 0 Å². The van der Waals surface area contributed by atoms with Gasteiger partial charge in [-0.05, 0) is 6.42 Å². The van der Waals surface area contributed by atoms with Gasteiger partial charge < -0.3 is 4.52 Å². The van der Waals surface area contributed by atoms with Gasteiger partial charge in [0, 0.05) is 12.0 Å². The summed E-state index contributed by atoms with van der Waals surface area (Å²) in [5, 5.41) is 3.54. The average molecular weight is 143 g/mol. The first-order valence-corrected chi connectivity index (χ1v) is 3.36. The molecule has 0 fully saturated rings. The maximum Gasteiger partial charge on any atom is 0.306 e. The van der Waals surface area contributed by atoms with E-state index in [1.54, 1.807) is 0 Å². The van der Waals surface area contributed by atoms with Gasteiger partial charge in [-0.25, -0.2) is 0 Å². The zero-order chi connectivity index (χ0) is 7.56. The highest BCUT2D eigenvalue weighted by molar-refractivity contribution is 5.02. The Hall–Kier alpha value is -0.860. The predicted molar refractivity (Wildman–Crippen MR) is 35.2 cm³/mol. The quantitative estimate of drug-likeness (QED) is 0.635. The van der Waals surface area contributed by atoms with E-state index in [1.807, 2.05) is 13.8 Å². The van der Waals surface area contributed by atoms with Gasteiger partial charge in [-0.1, -0.05) is 19.0 Å². The standard InChI is InChI=1S/C7H10FNO/c1-3-5(2)6-4-7(8)10-9-6/h4-5H,3H2,1-2H3. The fourth-order valence-electron chi connectivity index (χ4n) is 0.707. The molecule has 2 nitrogen and oxygen atoms in total. The van der Waals surface area contributed by atoms with E-state index in [2.05, 4.69) is 9.68 Å². The number of rotatable bonds is 2. The van der Waals surface area contributed by atoms with E-state index >= 15 is 0 Å². The van der Waals surface area contributed by atoms with E-state index in [0.717, 1.165) is 6.42 Å². The van der Waals surface area contributed by atoms with Crippen LogP contribution in [0.25, 0.3) is 0 Å². The Labute approximate surface area is 59.0 Å². The topological polar surface area (TPSA) is 26.0 Å². The fraction of sp³-hybridized carbons (Fsp3) is 0.571. The molecule has 0 aromatic carbocycles. The third kappa shape index (κ3) is 1.35. The summed E-state index contributed by atoms with van der Waals surface area (Å²) in [5.74, 6) is 0.285. The molecule has 10 heavy (non-hydrogen) atoms. The molecular weight excluding hydrogens is 133 g/mol. The lowest BCUT2D eigenvalue weighted by Gasteiger charge is -1.99. The minimum atomic E-state index is -0.602. The third-order valence-corrected chi connectivity index (χ3v) is 1.62. The lowest BCUT2D eigenvalue weighted by Crippen LogP contribution is -1.89. The summed E-state index contributed by atoms with van der Waals surface area (Å²) < 4.78 is 16.5. The molecule has 0 aliphatic carbocycles. The van der Waals surface area contributed by atoms with E-state index in [-0.39, 0.29) is 5.92 Å². The highest BCUT2D eigenvalue weighted by Crippen LogP contribution is 2.16. The maximum absolute atomic E-state index is 12.2. The van der Waals surface area contributed by atoms with E-state index in [4.69, 9.17) is 0 Å². The molecule has 3 heteroatoms. The molecule has 0 saturated carbocycles. The Morgan fingerprint density at radius 1 is 1.80 bits per heavy atom. The molecular formula is C7H10FNO. The molecule has 0 saturated heterocycles. The van der Waals surface area contributed by atoms with Gasteiger partial charge in [-0.15, -0.1) is 0 Å². The molecule has 1 aromatic heterocycles. The van der Waals surface area contributed by atoms with Crippen molar-refractivity contribution in [2.75, 3.05) is 0 Å². The monoisotopic (exact) mass is 143 g/mol. The second-order valence-electron chi connectivity index (χ2n) is 2.37. The van der Waals surface area contributed by atoms with E-state index in [0.29, 0.717) is 5.69 Å². The molecule has 0 spiro atoms. The van der Waals surface area contributed by atoms with E-state index in [9.17, 15) is 4.39 Å². The summed E-state index contributed by atoms with van der Waals surface area (Å²) >= 11 is 0. The van der Waals surface area contributed by atoms with Crippen LogP contribution in [0.4, 0.5) is 4.39 Å². The first-order valence-electron chi connectivity index (χ1n) is 3.36. The van der Waals surface area contributed by atoms with Crippen molar-refractivity contribution in [3.05, 3.63) is 17.8 Å². The van der Waals surface area contributed by atoms with Crippen LogP contribution >= 0.6 is 0 Å². The van der Waals surface area contributed by atoms with Crippen molar-refractivity contribution in [3.8, 4) is 0 Å². The third-order valence-electron chi connectivity index (χ3n) is 1.62. The van der Waals surface area contributed by atoms with Crippen LogP contribution in [0.3, 0.4) is 0 Å². The molecule has 0 aliphatic heterocycles. The van der Waals surface area contributed by atoms with Crippen LogP contribution in [0.2, 0.25) is 0 Å². The number of nitrogens with zero attached hydrogens (tertiary/aromatic N) is 1. The Bertz CT molecular complexity index is 209. The van der Waals surface area contributed by atoms with Crippen LogP contribution in [0.5, 0.6) is 0 Å². The molecule has 0 aliphatic rings. The molecule has 56 valence electrons. The fourth-order valence-corrected chi connectivity index (χ4v) is 0.707. The summed E-state index contributed by atoms with van der Waals surface area (Å²) in [6, 6.07) is 0.726. The summed E-state index contributed by atoms with van der Waals surface area (Å²) in [6.45, 7) is 4.01. The van der Waals surface area contributed by atoms with Gasteiger partial charge in [0.1, 0.15) is 0 Å². The van der Waals surface area contributed by atoms with Crippen molar-refractivity contribution in [1.29, 1.82) is 0 Å². The molecule has 1 rings (SSSR count). The lowest BCUT2D eigenvalue weighted by molar-refractivity contribution is 0.278. The van der Waals surface area contributed by atoms with Crippen molar-refractivity contribution < 1.29 is 8.91 Å². The maximum atomic E-state index is 12.2. The molecule has 1 atom stereocenters. The highest BCUT2D eigenvalue weighted by atomic mass is 19.1. The smallest absolute Gasteiger partial charge is 0.306 e. The minimum Gasteiger partial charge on any atom is -0.326 e. The number of aromatic nitrogens is 1. The van der Waals surface area contributed by atoms with Crippen molar-refractivity contribution in [3.63, 3.8) is 0 Å². The number of hydrogen-bond acceptors (Lipinski definition) is 2.